The zero-order valence-corrected chi connectivity index (χ0v) is 13.3. The molecule has 0 aromatic carbocycles. The molecule has 0 aliphatic carbocycles. The first-order valence-electron chi connectivity index (χ1n) is 8.37. The molecule has 0 amide bonds. The normalized spacial score (nSPS) is 31.6. The van der Waals surface area contributed by atoms with E-state index in [0.717, 1.165) is 58.4 Å². The van der Waals surface area contributed by atoms with Crippen molar-refractivity contribution < 1.29 is 9.47 Å². The maximum absolute atomic E-state index is 5.69. The lowest BCUT2D eigenvalue weighted by Crippen LogP contribution is -2.48. The summed E-state index contributed by atoms with van der Waals surface area (Å²) in [7, 11) is 2.25. The van der Waals surface area contributed by atoms with E-state index in [2.05, 4.69) is 24.2 Å². The lowest BCUT2D eigenvalue weighted by atomic mass is 9.94. The molecule has 4 nitrogen and oxygen atoms in total. The highest BCUT2D eigenvalue weighted by Crippen LogP contribution is 2.19. The van der Waals surface area contributed by atoms with Crippen molar-refractivity contribution in [3.63, 3.8) is 0 Å². The summed E-state index contributed by atoms with van der Waals surface area (Å²) in [6, 6.07) is 0.633. The molecule has 2 saturated heterocycles. The topological polar surface area (TPSA) is 33.7 Å². The number of nitrogens with one attached hydrogen (secondary N) is 1. The van der Waals surface area contributed by atoms with Crippen LogP contribution in [0.5, 0.6) is 0 Å². The molecule has 20 heavy (non-hydrogen) atoms. The van der Waals surface area contributed by atoms with Gasteiger partial charge in [0.25, 0.3) is 0 Å². The fourth-order valence-corrected chi connectivity index (χ4v) is 3.44. The molecule has 118 valence electrons. The zero-order chi connectivity index (χ0) is 14.2. The van der Waals surface area contributed by atoms with E-state index in [0.29, 0.717) is 12.0 Å². The Balaban J connectivity index is 1.73. The van der Waals surface area contributed by atoms with Gasteiger partial charge in [0.05, 0.1) is 13.2 Å². The van der Waals surface area contributed by atoms with Gasteiger partial charge in [-0.15, -0.1) is 0 Å². The number of hydrogen-bond acceptors (Lipinski definition) is 4. The zero-order valence-electron chi connectivity index (χ0n) is 13.3. The fourth-order valence-electron chi connectivity index (χ4n) is 3.44. The summed E-state index contributed by atoms with van der Waals surface area (Å²) in [6.07, 6.45) is 4.92. The molecule has 0 aromatic rings. The molecule has 0 saturated carbocycles. The van der Waals surface area contributed by atoms with Crippen LogP contribution in [-0.2, 0) is 9.47 Å². The highest BCUT2D eigenvalue weighted by atomic mass is 16.5. The van der Waals surface area contributed by atoms with E-state index in [-0.39, 0.29) is 0 Å². The molecule has 4 heteroatoms. The number of nitrogens with zero attached hydrogens (tertiary/aromatic N) is 1. The SMILES string of the molecule is CCCNC1CCOCC1CN(C)CC1CCCOC1. The van der Waals surface area contributed by atoms with Crippen molar-refractivity contribution in [2.75, 3.05) is 53.1 Å². The largest absolute Gasteiger partial charge is 0.381 e. The van der Waals surface area contributed by atoms with Crippen molar-refractivity contribution in [2.45, 2.75) is 38.6 Å². The molecule has 0 radical (unpaired) electrons. The van der Waals surface area contributed by atoms with Crippen molar-refractivity contribution >= 4 is 0 Å². The second kappa shape index (κ2) is 8.98. The van der Waals surface area contributed by atoms with Gasteiger partial charge in [-0.05, 0) is 45.2 Å². The van der Waals surface area contributed by atoms with Crippen LogP contribution < -0.4 is 5.32 Å². The first-order chi connectivity index (χ1) is 9.79. The Morgan fingerprint density at radius 2 is 1.95 bits per heavy atom. The van der Waals surface area contributed by atoms with Gasteiger partial charge in [-0.1, -0.05) is 6.92 Å². The first kappa shape index (κ1) is 16.2. The van der Waals surface area contributed by atoms with Gasteiger partial charge >= 0.3 is 0 Å². The molecular weight excluding hydrogens is 252 g/mol. The molecule has 2 fully saturated rings. The maximum atomic E-state index is 5.69. The molecule has 2 rings (SSSR count). The standard InChI is InChI=1S/C16H32N2O2/c1-3-7-17-16-6-9-20-13-15(16)11-18(2)10-14-5-4-8-19-12-14/h14-17H,3-13H2,1-2H3. The smallest absolute Gasteiger partial charge is 0.0521 e. The summed E-state index contributed by atoms with van der Waals surface area (Å²) in [4.78, 5) is 2.49. The quantitative estimate of drug-likeness (QED) is 0.772. The predicted molar refractivity (Wildman–Crippen MR) is 82.0 cm³/mol. The minimum atomic E-state index is 0.629. The van der Waals surface area contributed by atoms with Crippen LogP contribution in [0, 0.1) is 11.8 Å². The van der Waals surface area contributed by atoms with E-state index >= 15 is 0 Å². The van der Waals surface area contributed by atoms with Gasteiger partial charge in [-0.2, -0.15) is 0 Å². The van der Waals surface area contributed by atoms with Crippen LogP contribution in [0.2, 0.25) is 0 Å². The minimum absolute atomic E-state index is 0.629. The Bertz CT molecular complexity index is 257. The lowest BCUT2D eigenvalue weighted by Gasteiger charge is -2.36. The minimum Gasteiger partial charge on any atom is -0.381 e. The lowest BCUT2D eigenvalue weighted by molar-refractivity contribution is 0.00856. The summed E-state index contributed by atoms with van der Waals surface area (Å²) < 4.78 is 11.3. The van der Waals surface area contributed by atoms with Crippen LogP contribution in [0.3, 0.4) is 0 Å². The van der Waals surface area contributed by atoms with Gasteiger partial charge < -0.3 is 19.7 Å². The molecule has 2 aliphatic rings. The highest BCUT2D eigenvalue weighted by molar-refractivity contribution is 4.82. The van der Waals surface area contributed by atoms with E-state index in [1.165, 1.54) is 19.3 Å². The average Bonchev–Trinajstić information content (AvgIpc) is 2.47. The van der Waals surface area contributed by atoms with Gasteiger partial charge in [0.2, 0.25) is 0 Å². The third-order valence-corrected chi connectivity index (χ3v) is 4.50. The molecule has 3 atom stereocenters. The molecule has 0 spiro atoms. The highest BCUT2D eigenvalue weighted by Gasteiger charge is 2.27. The Hall–Kier alpha value is -0.160. The van der Waals surface area contributed by atoms with Crippen molar-refractivity contribution in [3.8, 4) is 0 Å². The van der Waals surface area contributed by atoms with Crippen LogP contribution >= 0.6 is 0 Å². The summed E-state index contributed by atoms with van der Waals surface area (Å²) in [6.45, 7) is 9.39. The monoisotopic (exact) mass is 284 g/mol. The van der Waals surface area contributed by atoms with Crippen molar-refractivity contribution in [1.29, 1.82) is 0 Å². The summed E-state index contributed by atoms with van der Waals surface area (Å²) in [5.41, 5.74) is 0. The van der Waals surface area contributed by atoms with Crippen molar-refractivity contribution in [2.24, 2.45) is 11.8 Å². The van der Waals surface area contributed by atoms with Crippen LogP contribution in [-0.4, -0.2) is 64.1 Å². The van der Waals surface area contributed by atoms with Crippen molar-refractivity contribution in [3.05, 3.63) is 0 Å². The third kappa shape index (κ3) is 5.32. The molecule has 0 aromatic heterocycles. The molecule has 2 aliphatic heterocycles. The van der Waals surface area contributed by atoms with E-state index < -0.39 is 0 Å². The summed E-state index contributed by atoms with van der Waals surface area (Å²) >= 11 is 0. The summed E-state index contributed by atoms with van der Waals surface area (Å²) in [5, 5.41) is 3.70. The third-order valence-electron chi connectivity index (χ3n) is 4.50. The Morgan fingerprint density at radius 1 is 1.10 bits per heavy atom. The molecular formula is C16H32N2O2. The van der Waals surface area contributed by atoms with E-state index in [4.69, 9.17) is 9.47 Å². The Kier molecular flexibility index (Phi) is 7.28. The molecule has 1 N–H and O–H groups in total. The van der Waals surface area contributed by atoms with Gasteiger partial charge in [0.15, 0.2) is 0 Å². The van der Waals surface area contributed by atoms with Gasteiger partial charge in [0.1, 0.15) is 0 Å². The van der Waals surface area contributed by atoms with Crippen molar-refractivity contribution in [1.82, 2.24) is 10.2 Å². The van der Waals surface area contributed by atoms with Gasteiger partial charge in [0, 0.05) is 38.3 Å². The number of ether oxygens (including phenoxy) is 2. The van der Waals surface area contributed by atoms with E-state index in [1.54, 1.807) is 0 Å². The molecule has 0 bridgehead atoms. The first-order valence-corrected chi connectivity index (χ1v) is 8.37. The van der Waals surface area contributed by atoms with Gasteiger partial charge in [-0.25, -0.2) is 0 Å². The molecule has 3 unspecified atom stereocenters. The Labute approximate surface area is 124 Å². The van der Waals surface area contributed by atoms with Crippen LogP contribution in [0.25, 0.3) is 0 Å². The van der Waals surface area contributed by atoms with E-state index in [9.17, 15) is 0 Å². The van der Waals surface area contributed by atoms with Crippen LogP contribution in [0.4, 0.5) is 0 Å². The summed E-state index contributed by atoms with van der Waals surface area (Å²) in [5.74, 6) is 1.35. The van der Waals surface area contributed by atoms with Crippen LogP contribution in [0.15, 0.2) is 0 Å². The fraction of sp³-hybridized carbons (Fsp3) is 1.00. The second-order valence-electron chi connectivity index (χ2n) is 6.49. The Morgan fingerprint density at radius 3 is 2.70 bits per heavy atom. The number of hydrogen-bond donors (Lipinski definition) is 1. The second-order valence-corrected chi connectivity index (χ2v) is 6.49. The van der Waals surface area contributed by atoms with E-state index in [1.807, 2.05) is 0 Å². The average molecular weight is 284 g/mol. The number of rotatable bonds is 7. The maximum Gasteiger partial charge on any atom is 0.0521 e. The predicted octanol–water partition coefficient (Wildman–Crippen LogP) is 1.75. The van der Waals surface area contributed by atoms with Gasteiger partial charge in [-0.3, -0.25) is 0 Å². The molecule has 2 heterocycles. The van der Waals surface area contributed by atoms with Crippen LogP contribution in [0.1, 0.15) is 32.6 Å².